The van der Waals surface area contributed by atoms with Gasteiger partial charge in [-0.3, -0.25) is 4.79 Å². The molecule has 14 heavy (non-hydrogen) atoms. The highest BCUT2D eigenvalue weighted by Crippen LogP contribution is 2.07. The maximum Gasteiger partial charge on any atom is 0.311 e. The fourth-order valence-electron chi connectivity index (χ4n) is 1.09. The third-order valence-corrected chi connectivity index (χ3v) is 2.57. The number of carboxylic acid groups (broad SMARTS) is 1. The van der Waals surface area contributed by atoms with Gasteiger partial charge in [-0.15, -0.1) is 0 Å². The summed E-state index contributed by atoms with van der Waals surface area (Å²) in [4.78, 5) is 11.2. The Bertz CT molecular complexity index is 332. The molecule has 1 aromatic rings. The van der Waals surface area contributed by atoms with Gasteiger partial charge in [0, 0.05) is 11.3 Å². The largest absolute Gasteiger partial charge is 0.481 e. The van der Waals surface area contributed by atoms with Gasteiger partial charge in [0.05, 0.1) is 5.92 Å². The van der Waals surface area contributed by atoms with Crippen LogP contribution in [0.3, 0.4) is 0 Å². The Morgan fingerprint density at radius 2 is 2.00 bits per heavy atom. The van der Waals surface area contributed by atoms with E-state index in [1.54, 1.807) is 6.92 Å². The standard InChI is InChI=1S/C11H12O2S/c1-8(11(12)13)10(14)7-9-5-3-2-4-6-9/h2-6,8H,7H2,1H3,(H,12,13). The van der Waals surface area contributed by atoms with E-state index in [1.165, 1.54) is 0 Å². The topological polar surface area (TPSA) is 37.3 Å². The van der Waals surface area contributed by atoms with Crippen molar-refractivity contribution in [2.45, 2.75) is 13.3 Å². The number of aliphatic carboxylic acids is 1. The summed E-state index contributed by atoms with van der Waals surface area (Å²) in [6, 6.07) is 9.65. The average molecular weight is 208 g/mol. The number of carboxylic acids is 1. The van der Waals surface area contributed by atoms with Crippen molar-refractivity contribution in [3.05, 3.63) is 35.9 Å². The first kappa shape index (κ1) is 10.9. The SMILES string of the molecule is CC(C(=O)O)C(=S)Cc1ccccc1. The van der Waals surface area contributed by atoms with Crippen molar-refractivity contribution in [3.63, 3.8) is 0 Å². The summed E-state index contributed by atoms with van der Waals surface area (Å²) in [6.07, 6.45) is 0.559. The zero-order valence-electron chi connectivity index (χ0n) is 7.93. The van der Waals surface area contributed by atoms with E-state index in [0.29, 0.717) is 11.3 Å². The van der Waals surface area contributed by atoms with Crippen LogP contribution in [0.5, 0.6) is 0 Å². The molecule has 0 spiro atoms. The predicted octanol–water partition coefficient (Wildman–Crippen LogP) is 2.32. The molecule has 1 unspecified atom stereocenters. The Kier molecular flexibility index (Phi) is 3.77. The van der Waals surface area contributed by atoms with Crippen LogP contribution in [-0.4, -0.2) is 15.9 Å². The number of carbonyl (C=O) groups is 1. The maximum absolute atomic E-state index is 10.6. The van der Waals surface area contributed by atoms with Crippen molar-refractivity contribution >= 4 is 23.1 Å². The molecule has 2 nitrogen and oxygen atoms in total. The molecule has 1 N–H and O–H groups in total. The first-order valence-electron chi connectivity index (χ1n) is 4.40. The highest BCUT2D eigenvalue weighted by Gasteiger charge is 2.16. The van der Waals surface area contributed by atoms with Crippen LogP contribution in [0.4, 0.5) is 0 Å². The highest BCUT2D eigenvalue weighted by molar-refractivity contribution is 7.80. The zero-order chi connectivity index (χ0) is 10.6. The van der Waals surface area contributed by atoms with Crippen LogP contribution in [0.1, 0.15) is 12.5 Å². The Morgan fingerprint density at radius 1 is 1.43 bits per heavy atom. The van der Waals surface area contributed by atoms with Gasteiger partial charge in [0.1, 0.15) is 0 Å². The van der Waals surface area contributed by atoms with E-state index in [9.17, 15) is 4.79 Å². The lowest BCUT2D eigenvalue weighted by Gasteiger charge is -2.07. The Labute approximate surface area is 88.6 Å². The molecule has 0 heterocycles. The normalized spacial score (nSPS) is 12.1. The lowest BCUT2D eigenvalue weighted by Crippen LogP contribution is -2.20. The molecule has 74 valence electrons. The third-order valence-electron chi connectivity index (χ3n) is 2.07. The van der Waals surface area contributed by atoms with Gasteiger partial charge in [0.15, 0.2) is 0 Å². The van der Waals surface area contributed by atoms with E-state index in [1.807, 2.05) is 30.3 Å². The molecule has 0 saturated heterocycles. The molecule has 1 rings (SSSR count). The van der Waals surface area contributed by atoms with Gasteiger partial charge in [-0.25, -0.2) is 0 Å². The van der Waals surface area contributed by atoms with Gasteiger partial charge in [-0.2, -0.15) is 0 Å². The van der Waals surface area contributed by atoms with Crippen molar-refractivity contribution in [3.8, 4) is 0 Å². The Hall–Kier alpha value is -1.22. The summed E-state index contributed by atoms with van der Waals surface area (Å²) in [5, 5.41) is 8.74. The van der Waals surface area contributed by atoms with Gasteiger partial charge < -0.3 is 5.11 Å². The third kappa shape index (κ3) is 2.92. The molecular formula is C11H12O2S. The zero-order valence-corrected chi connectivity index (χ0v) is 8.75. The molecule has 3 heteroatoms. The molecule has 0 fully saturated rings. The summed E-state index contributed by atoms with van der Waals surface area (Å²) >= 11 is 5.05. The van der Waals surface area contributed by atoms with Gasteiger partial charge in [0.25, 0.3) is 0 Å². The first-order valence-corrected chi connectivity index (χ1v) is 4.81. The first-order chi connectivity index (χ1) is 6.61. The number of hydrogen-bond acceptors (Lipinski definition) is 2. The van der Waals surface area contributed by atoms with Gasteiger partial charge >= 0.3 is 5.97 Å². The number of hydrogen-bond donors (Lipinski definition) is 1. The van der Waals surface area contributed by atoms with E-state index in [2.05, 4.69) is 0 Å². The molecular weight excluding hydrogens is 196 g/mol. The van der Waals surface area contributed by atoms with E-state index in [4.69, 9.17) is 17.3 Å². The minimum Gasteiger partial charge on any atom is -0.481 e. The minimum atomic E-state index is -0.856. The van der Waals surface area contributed by atoms with Crippen molar-refractivity contribution in [2.75, 3.05) is 0 Å². The quantitative estimate of drug-likeness (QED) is 0.771. The molecule has 1 aromatic carbocycles. The number of benzene rings is 1. The second kappa shape index (κ2) is 4.86. The van der Waals surface area contributed by atoms with Crippen LogP contribution in [-0.2, 0) is 11.2 Å². The maximum atomic E-state index is 10.6. The second-order valence-electron chi connectivity index (χ2n) is 3.19. The van der Waals surface area contributed by atoms with Crippen LogP contribution in [0.2, 0.25) is 0 Å². The smallest absolute Gasteiger partial charge is 0.311 e. The molecule has 0 bridgehead atoms. The van der Waals surface area contributed by atoms with Crippen LogP contribution in [0.15, 0.2) is 30.3 Å². The molecule has 0 aromatic heterocycles. The Morgan fingerprint density at radius 3 is 2.50 bits per heavy atom. The number of thiocarbonyl (C=S) groups is 1. The molecule has 0 aliphatic rings. The van der Waals surface area contributed by atoms with Gasteiger partial charge in [-0.1, -0.05) is 42.5 Å². The van der Waals surface area contributed by atoms with Crippen molar-refractivity contribution in [1.82, 2.24) is 0 Å². The highest BCUT2D eigenvalue weighted by atomic mass is 32.1. The van der Waals surface area contributed by atoms with Crippen LogP contribution in [0.25, 0.3) is 0 Å². The van der Waals surface area contributed by atoms with Crippen LogP contribution >= 0.6 is 12.2 Å². The monoisotopic (exact) mass is 208 g/mol. The lowest BCUT2D eigenvalue weighted by molar-refractivity contribution is -0.138. The van der Waals surface area contributed by atoms with E-state index in [-0.39, 0.29) is 0 Å². The molecule has 0 saturated carbocycles. The Balaban J connectivity index is 2.62. The van der Waals surface area contributed by atoms with E-state index >= 15 is 0 Å². The van der Waals surface area contributed by atoms with E-state index < -0.39 is 11.9 Å². The summed E-state index contributed by atoms with van der Waals surface area (Å²) in [5.74, 6) is -1.41. The molecule has 0 radical (unpaired) electrons. The number of rotatable bonds is 4. The lowest BCUT2D eigenvalue weighted by atomic mass is 10.0. The molecule has 0 amide bonds. The summed E-state index contributed by atoms with van der Waals surface area (Å²) in [6.45, 7) is 1.62. The molecule has 1 atom stereocenters. The predicted molar refractivity (Wildman–Crippen MR) is 59.5 cm³/mol. The summed E-state index contributed by atoms with van der Waals surface area (Å²) in [5.41, 5.74) is 1.06. The van der Waals surface area contributed by atoms with Crippen molar-refractivity contribution in [2.24, 2.45) is 5.92 Å². The fourth-order valence-corrected chi connectivity index (χ4v) is 1.36. The van der Waals surface area contributed by atoms with Crippen molar-refractivity contribution in [1.29, 1.82) is 0 Å². The molecule has 0 aliphatic heterocycles. The van der Waals surface area contributed by atoms with E-state index in [0.717, 1.165) is 5.56 Å². The second-order valence-corrected chi connectivity index (χ2v) is 3.71. The van der Waals surface area contributed by atoms with Crippen molar-refractivity contribution < 1.29 is 9.90 Å². The fraction of sp³-hybridized carbons (Fsp3) is 0.273. The summed E-state index contributed by atoms with van der Waals surface area (Å²) in [7, 11) is 0. The average Bonchev–Trinajstić information content (AvgIpc) is 2.18. The van der Waals surface area contributed by atoms with Gasteiger partial charge in [-0.05, 0) is 12.5 Å². The van der Waals surface area contributed by atoms with Crippen LogP contribution in [0, 0.1) is 5.92 Å². The van der Waals surface area contributed by atoms with Crippen LogP contribution < -0.4 is 0 Å². The minimum absolute atomic E-state index is 0.551. The van der Waals surface area contributed by atoms with Gasteiger partial charge in [0.2, 0.25) is 0 Å². The molecule has 0 aliphatic carbocycles. The summed E-state index contributed by atoms with van der Waals surface area (Å²) < 4.78 is 0.